The summed E-state index contributed by atoms with van der Waals surface area (Å²) in [4.78, 5) is 13.2. The third-order valence-electron chi connectivity index (χ3n) is 12.4. The number of ether oxygens (including phenoxy) is 4. The van der Waals surface area contributed by atoms with Gasteiger partial charge in [0.1, 0.15) is 48.8 Å². The zero-order valence-electron chi connectivity index (χ0n) is 41.1. The van der Waals surface area contributed by atoms with Crippen LogP contribution in [0.4, 0.5) is 0 Å². The molecular formula is C53H93NO13. The number of unbranched alkanes of at least 4 members (excludes halogenated alkanes) is 18. The van der Waals surface area contributed by atoms with Gasteiger partial charge in [-0.15, -0.1) is 0 Å². The second kappa shape index (κ2) is 39.4. The summed E-state index contributed by atoms with van der Waals surface area (Å²) >= 11 is 0. The lowest BCUT2D eigenvalue weighted by molar-refractivity contribution is -0.359. The van der Waals surface area contributed by atoms with Crippen LogP contribution in [0.1, 0.15) is 174 Å². The molecule has 2 rings (SSSR count). The quantitative estimate of drug-likeness (QED) is 0.0223. The molecular weight excluding hydrogens is 859 g/mol. The Morgan fingerprint density at radius 3 is 1.58 bits per heavy atom. The summed E-state index contributed by atoms with van der Waals surface area (Å²) < 4.78 is 22.7. The normalized spacial score (nSPS) is 27.1. The van der Waals surface area contributed by atoms with Crippen molar-refractivity contribution < 1.29 is 64.6 Å². The van der Waals surface area contributed by atoms with Gasteiger partial charge in [-0.25, -0.2) is 0 Å². The minimum Gasteiger partial charge on any atom is -0.394 e. The van der Waals surface area contributed by atoms with Crippen molar-refractivity contribution in [3.63, 3.8) is 0 Å². The summed E-state index contributed by atoms with van der Waals surface area (Å²) in [6, 6.07) is -0.946. The SMILES string of the molecule is CCCCC/C=C\C/C=C\CCCCCCCC(=O)NC(COC1OC(CO)C(OC2OC(CO)C(O)C(O)C2O)C(O)C1O)C(O)/C=C/CC/C=C/CC/C=C/CCCCCCCCCC. The third kappa shape index (κ3) is 26.5. The van der Waals surface area contributed by atoms with Crippen molar-refractivity contribution in [2.45, 2.75) is 248 Å². The van der Waals surface area contributed by atoms with Crippen LogP contribution in [-0.4, -0.2) is 140 Å². The number of aliphatic hydroxyl groups excluding tert-OH is 8. The Hall–Kier alpha value is -2.31. The second-order valence-corrected chi connectivity index (χ2v) is 18.3. The maximum atomic E-state index is 13.2. The monoisotopic (exact) mass is 952 g/mol. The van der Waals surface area contributed by atoms with E-state index in [1.54, 1.807) is 6.08 Å². The van der Waals surface area contributed by atoms with Gasteiger partial charge in [0.15, 0.2) is 12.6 Å². The predicted octanol–water partition coefficient (Wildman–Crippen LogP) is 7.05. The van der Waals surface area contributed by atoms with Crippen LogP contribution in [0.5, 0.6) is 0 Å². The number of allylic oxidation sites excluding steroid dienone is 9. The number of rotatable bonds is 39. The van der Waals surface area contributed by atoms with Crippen LogP contribution < -0.4 is 5.32 Å². The molecule has 2 aliphatic rings. The Bertz CT molecular complexity index is 1360. The molecule has 0 aromatic rings. The summed E-state index contributed by atoms with van der Waals surface area (Å²) in [6.45, 7) is 2.70. The highest BCUT2D eigenvalue weighted by atomic mass is 16.7. The molecule has 1 amide bonds. The summed E-state index contributed by atoms with van der Waals surface area (Å²) in [5.41, 5.74) is 0. The Balaban J connectivity index is 1.88. The van der Waals surface area contributed by atoms with E-state index in [0.29, 0.717) is 12.8 Å². The van der Waals surface area contributed by atoms with E-state index in [9.17, 15) is 45.6 Å². The van der Waals surface area contributed by atoms with E-state index in [2.05, 4.69) is 67.8 Å². The predicted molar refractivity (Wildman–Crippen MR) is 263 cm³/mol. The molecule has 67 heavy (non-hydrogen) atoms. The third-order valence-corrected chi connectivity index (χ3v) is 12.4. The molecule has 0 aromatic carbocycles. The fourth-order valence-electron chi connectivity index (χ4n) is 8.12. The van der Waals surface area contributed by atoms with Crippen molar-refractivity contribution in [3.8, 4) is 0 Å². The van der Waals surface area contributed by atoms with Crippen LogP contribution in [0.25, 0.3) is 0 Å². The molecule has 0 aromatic heterocycles. The minimum atomic E-state index is -1.79. The fraction of sp³-hybridized carbons (Fsp3) is 0.792. The maximum Gasteiger partial charge on any atom is 0.220 e. The van der Waals surface area contributed by atoms with Crippen LogP contribution >= 0.6 is 0 Å². The van der Waals surface area contributed by atoms with Gasteiger partial charge in [0.2, 0.25) is 5.91 Å². The molecule has 388 valence electrons. The molecule has 0 radical (unpaired) electrons. The zero-order chi connectivity index (χ0) is 48.9. The van der Waals surface area contributed by atoms with Gasteiger partial charge in [-0.1, -0.05) is 152 Å². The molecule has 2 heterocycles. The molecule has 0 aliphatic carbocycles. The first-order valence-corrected chi connectivity index (χ1v) is 26.0. The van der Waals surface area contributed by atoms with Crippen LogP contribution in [0, 0.1) is 0 Å². The van der Waals surface area contributed by atoms with E-state index in [1.165, 1.54) is 70.6 Å². The number of hydrogen-bond donors (Lipinski definition) is 9. The Morgan fingerprint density at radius 2 is 1.00 bits per heavy atom. The van der Waals surface area contributed by atoms with E-state index < -0.39 is 86.8 Å². The van der Waals surface area contributed by atoms with Crippen LogP contribution in [0.3, 0.4) is 0 Å². The van der Waals surface area contributed by atoms with Crippen molar-refractivity contribution in [1.29, 1.82) is 0 Å². The van der Waals surface area contributed by atoms with Gasteiger partial charge < -0.3 is 65.1 Å². The number of carbonyl (C=O) groups excluding carboxylic acids is 1. The molecule has 12 unspecified atom stereocenters. The lowest BCUT2D eigenvalue weighted by Gasteiger charge is -2.46. The first-order valence-electron chi connectivity index (χ1n) is 26.0. The van der Waals surface area contributed by atoms with Gasteiger partial charge in [0, 0.05) is 6.42 Å². The van der Waals surface area contributed by atoms with E-state index >= 15 is 0 Å². The molecule has 2 saturated heterocycles. The van der Waals surface area contributed by atoms with Gasteiger partial charge in [-0.3, -0.25) is 4.79 Å². The van der Waals surface area contributed by atoms with Crippen molar-refractivity contribution in [2.75, 3.05) is 19.8 Å². The van der Waals surface area contributed by atoms with Gasteiger partial charge in [0.05, 0.1) is 32.0 Å². The lowest BCUT2D eigenvalue weighted by atomic mass is 9.97. The molecule has 14 heteroatoms. The number of amides is 1. The van der Waals surface area contributed by atoms with E-state index in [1.807, 2.05) is 6.08 Å². The first-order chi connectivity index (χ1) is 32.6. The highest BCUT2D eigenvalue weighted by molar-refractivity contribution is 5.76. The average Bonchev–Trinajstić information content (AvgIpc) is 3.32. The molecule has 12 atom stereocenters. The highest BCUT2D eigenvalue weighted by Crippen LogP contribution is 2.30. The summed E-state index contributed by atoms with van der Waals surface area (Å²) in [5, 5.41) is 86.7. The molecule has 0 saturated carbocycles. The Kier molecular flexibility index (Phi) is 35.8. The number of hydrogen-bond acceptors (Lipinski definition) is 13. The van der Waals surface area contributed by atoms with Crippen molar-refractivity contribution in [2.24, 2.45) is 0 Å². The largest absolute Gasteiger partial charge is 0.394 e. The molecule has 2 fully saturated rings. The molecule has 2 aliphatic heterocycles. The van der Waals surface area contributed by atoms with Gasteiger partial charge in [-0.05, 0) is 77.0 Å². The number of carbonyl (C=O) groups is 1. The molecule has 0 bridgehead atoms. The summed E-state index contributed by atoms with van der Waals surface area (Å²) in [5.74, 6) is -0.270. The van der Waals surface area contributed by atoms with Crippen LogP contribution in [0.15, 0.2) is 60.8 Å². The Morgan fingerprint density at radius 1 is 0.537 bits per heavy atom. The molecule has 0 spiro atoms. The summed E-state index contributed by atoms with van der Waals surface area (Å²) in [7, 11) is 0. The first kappa shape index (κ1) is 60.8. The van der Waals surface area contributed by atoms with E-state index in [0.717, 1.165) is 70.6 Å². The maximum absolute atomic E-state index is 13.2. The van der Waals surface area contributed by atoms with Crippen LogP contribution in [-0.2, 0) is 23.7 Å². The van der Waals surface area contributed by atoms with Gasteiger partial charge in [0.25, 0.3) is 0 Å². The highest BCUT2D eigenvalue weighted by Gasteiger charge is 2.51. The topological polar surface area (TPSA) is 228 Å². The van der Waals surface area contributed by atoms with Crippen molar-refractivity contribution in [3.05, 3.63) is 60.8 Å². The van der Waals surface area contributed by atoms with Crippen LogP contribution in [0.2, 0.25) is 0 Å². The minimum absolute atomic E-state index is 0.251. The second-order valence-electron chi connectivity index (χ2n) is 18.3. The number of aliphatic hydroxyl groups is 8. The smallest absolute Gasteiger partial charge is 0.220 e. The zero-order valence-corrected chi connectivity index (χ0v) is 41.1. The molecule has 14 nitrogen and oxygen atoms in total. The van der Waals surface area contributed by atoms with Gasteiger partial charge in [-0.2, -0.15) is 0 Å². The average molecular weight is 952 g/mol. The standard InChI is InChI=1S/C53H93NO13/c1-3-5-7-9-11-13-15-17-19-20-21-23-24-26-28-30-32-34-36-42(57)41(54-45(58)37-35-33-31-29-27-25-22-18-16-14-12-10-8-6-4-2)40-64-52-50(63)48(61)51(44(39-56)66-52)67-53-49(62)47(60)46(59)43(38-55)65-53/h12,14,18,20-22,26,28,34,36,41-44,46-53,55-57,59-63H,3-11,13,15-17,19,23-25,27,29-33,35,37-40H2,1-2H3,(H,54,58)/b14-12-,21-20+,22-18-,28-26+,36-34+. The lowest BCUT2D eigenvalue weighted by Crippen LogP contribution is -2.65. The van der Waals surface area contributed by atoms with Crippen molar-refractivity contribution in [1.82, 2.24) is 5.32 Å². The fourth-order valence-corrected chi connectivity index (χ4v) is 8.12. The number of nitrogens with one attached hydrogen (secondary N) is 1. The van der Waals surface area contributed by atoms with E-state index in [-0.39, 0.29) is 18.9 Å². The van der Waals surface area contributed by atoms with E-state index in [4.69, 9.17) is 18.9 Å². The van der Waals surface area contributed by atoms with Gasteiger partial charge >= 0.3 is 0 Å². The molecule has 9 N–H and O–H groups in total. The Labute approximate surface area is 403 Å². The van der Waals surface area contributed by atoms with Crippen molar-refractivity contribution >= 4 is 5.91 Å². The summed E-state index contributed by atoms with van der Waals surface area (Å²) in [6.07, 6.45) is 31.1.